The Kier molecular flexibility index (Phi) is 9.69. The van der Waals surface area contributed by atoms with E-state index in [1.807, 2.05) is 107 Å². The molecule has 0 aromatic heterocycles. The summed E-state index contributed by atoms with van der Waals surface area (Å²) in [6.07, 6.45) is 1.23. The first-order chi connectivity index (χ1) is 17.3. The third-order valence-corrected chi connectivity index (χ3v) is 6.71. The number of carbonyl (C=O) groups is 2. The minimum Gasteiger partial charge on any atom is -0.484 e. The summed E-state index contributed by atoms with van der Waals surface area (Å²) in [4.78, 5) is 28.9. The van der Waals surface area contributed by atoms with Gasteiger partial charge in [-0.2, -0.15) is 0 Å². The normalized spacial score (nSPS) is 12.5. The highest BCUT2D eigenvalue weighted by atomic mass is 16.5. The highest BCUT2D eigenvalue weighted by molar-refractivity contribution is 5.88. The summed E-state index contributed by atoms with van der Waals surface area (Å²) in [6.45, 7) is 10.3. The van der Waals surface area contributed by atoms with Gasteiger partial charge in [-0.1, -0.05) is 67.6 Å². The van der Waals surface area contributed by atoms with Crippen LogP contribution in [-0.4, -0.2) is 35.4 Å². The minimum absolute atomic E-state index is 0.0120. The highest BCUT2D eigenvalue weighted by Gasteiger charge is 2.31. The van der Waals surface area contributed by atoms with Crippen LogP contribution >= 0.6 is 0 Å². The van der Waals surface area contributed by atoms with Crippen LogP contribution in [0.25, 0.3) is 0 Å². The molecule has 0 radical (unpaired) electrons. The van der Waals surface area contributed by atoms with E-state index in [1.54, 1.807) is 4.90 Å². The van der Waals surface area contributed by atoms with Gasteiger partial charge in [0.25, 0.3) is 5.91 Å². The summed E-state index contributed by atoms with van der Waals surface area (Å²) >= 11 is 0. The van der Waals surface area contributed by atoms with Crippen molar-refractivity contribution in [3.05, 3.63) is 101 Å². The molecule has 5 nitrogen and oxygen atoms in total. The van der Waals surface area contributed by atoms with Gasteiger partial charge in [-0.15, -0.1) is 0 Å². The number of hydrogen-bond donors (Lipinski definition) is 1. The van der Waals surface area contributed by atoms with Crippen LogP contribution in [0.1, 0.15) is 48.1 Å². The topological polar surface area (TPSA) is 58.6 Å². The van der Waals surface area contributed by atoms with Gasteiger partial charge in [0.1, 0.15) is 11.8 Å². The zero-order valence-electron chi connectivity index (χ0n) is 22.1. The Morgan fingerprint density at radius 3 is 2.25 bits per heavy atom. The third kappa shape index (κ3) is 7.45. The lowest BCUT2D eigenvalue weighted by atomic mass is 10.0. The molecule has 5 heteroatoms. The van der Waals surface area contributed by atoms with Gasteiger partial charge >= 0.3 is 0 Å². The maximum atomic E-state index is 13.7. The van der Waals surface area contributed by atoms with Gasteiger partial charge in [0.15, 0.2) is 6.61 Å². The summed E-state index contributed by atoms with van der Waals surface area (Å²) in [5, 5.41) is 3.10. The number of carbonyl (C=O) groups excluding carboxylic acids is 2. The van der Waals surface area contributed by atoms with Crippen LogP contribution in [0, 0.1) is 20.8 Å². The molecule has 0 bridgehead atoms. The smallest absolute Gasteiger partial charge is 0.261 e. The van der Waals surface area contributed by atoms with E-state index < -0.39 is 6.04 Å². The lowest BCUT2D eigenvalue weighted by molar-refractivity contribution is -0.143. The predicted molar refractivity (Wildman–Crippen MR) is 145 cm³/mol. The monoisotopic (exact) mass is 486 g/mol. The first-order valence-corrected chi connectivity index (χ1v) is 12.7. The molecule has 0 aliphatic rings. The summed E-state index contributed by atoms with van der Waals surface area (Å²) in [5.41, 5.74) is 5.35. The van der Waals surface area contributed by atoms with E-state index in [0.29, 0.717) is 18.7 Å². The Labute approximate surface area is 215 Å². The fourth-order valence-electron chi connectivity index (χ4n) is 4.00. The summed E-state index contributed by atoms with van der Waals surface area (Å²) < 4.78 is 5.91. The summed E-state index contributed by atoms with van der Waals surface area (Å²) in [7, 11) is 0. The van der Waals surface area contributed by atoms with E-state index in [0.717, 1.165) is 28.7 Å². The van der Waals surface area contributed by atoms with E-state index in [-0.39, 0.29) is 24.5 Å². The molecule has 0 saturated heterocycles. The number of rotatable bonds is 11. The number of ether oxygens (including phenoxy) is 1. The number of hydrogen-bond acceptors (Lipinski definition) is 3. The molecule has 0 aliphatic carbocycles. The second kappa shape index (κ2) is 12.9. The van der Waals surface area contributed by atoms with E-state index >= 15 is 0 Å². The van der Waals surface area contributed by atoms with Crippen LogP contribution < -0.4 is 10.1 Å². The molecule has 1 N–H and O–H groups in total. The standard InChI is InChI=1S/C31H38N2O3/c1-6-25(5)32-31(35)29(19-26-13-8-7-9-14-26)33(20-27-15-11-10-12-23(27)3)30(34)21-36-28-17-16-22(2)24(4)18-28/h7-18,25,29H,6,19-21H2,1-5H3,(H,32,35)/t25-,29+/m0/s1. The lowest BCUT2D eigenvalue weighted by Crippen LogP contribution is -2.53. The average molecular weight is 487 g/mol. The average Bonchev–Trinajstić information content (AvgIpc) is 2.88. The zero-order valence-corrected chi connectivity index (χ0v) is 22.1. The zero-order chi connectivity index (χ0) is 26.1. The quantitative estimate of drug-likeness (QED) is 0.387. The molecule has 0 heterocycles. The van der Waals surface area contributed by atoms with E-state index in [2.05, 4.69) is 5.32 Å². The number of aryl methyl sites for hydroxylation is 3. The minimum atomic E-state index is -0.670. The van der Waals surface area contributed by atoms with Crippen molar-refractivity contribution < 1.29 is 14.3 Å². The van der Waals surface area contributed by atoms with Crippen LogP contribution in [-0.2, 0) is 22.6 Å². The maximum absolute atomic E-state index is 13.7. The van der Waals surface area contributed by atoms with Crippen molar-refractivity contribution in [2.75, 3.05) is 6.61 Å². The van der Waals surface area contributed by atoms with Gasteiger partial charge in [0, 0.05) is 19.0 Å². The van der Waals surface area contributed by atoms with Gasteiger partial charge in [-0.25, -0.2) is 0 Å². The molecule has 0 aliphatic heterocycles. The Balaban J connectivity index is 1.92. The molecular weight excluding hydrogens is 448 g/mol. The largest absolute Gasteiger partial charge is 0.484 e. The molecule has 0 unspecified atom stereocenters. The van der Waals surface area contributed by atoms with Crippen molar-refractivity contribution in [3.8, 4) is 5.75 Å². The summed E-state index contributed by atoms with van der Waals surface area (Å²) in [6, 6.07) is 22.9. The molecule has 3 aromatic carbocycles. The second-order valence-corrected chi connectivity index (χ2v) is 9.51. The Morgan fingerprint density at radius 1 is 0.889 bits per heavy atom. The van der Waals surface area contributed by atoms with Crippen molar-refractivity contribution >= 4 is 11.8 Å². The van der Waals surface area contributed by atoms with Crippen LogP contribution in [0.2, 0.25) is 0 Å². The van der Waals surface area contributed by atoms with E-state index in [9.17, 15) is 9.59 Å². The first-order valence-electron chi connectivity index (χ1n) is 12.7. The molecule has 0 saturated carbocycles. The van der Waals surface area contributed by atoms with Crippen LogP contribution in [0.3, 0.4) is 0 Å². The second-order valence-electron chi connectivity index (χ2n) is 9.51. The molecule has 36 heavy (non-hydrogen) atoms. The van der Waals surface area contributed by atoms with Gasteiger partial charge in [-0.05, 0) is 74.1 Å². The maximum Gasteiger partial charge on any atom is 0.261 e. The fraction of sp³-hybridized carbons (Fsp3) is 0.355. The molecule has 2 atom stereocenters. The summed E-state index contributed by atoms with van der Waals surface area (Å²) in [5.74, 6) is 0.268. The fourth-order valence-corrected chi connectivity index (χ4v) is 4.00. The van der Waals surface area contributed by atoms with Crippen molar-refractivity contribution in [2.45, 2.75) is 66.1 Å². The molecule has 2 amide bonds. The SMILES string of the molecule is CC[C@H](C)NC(=O)[C@@H](Cc1ccccc1)N(Cc1ccccc1C)C(=O)COc1ccc(C)c(C)c1. The third-order valence-electron chi connectivity index (χ3n) is 6.71. The molecule has 3 rings (SSSR count). The Bertz CT molecular complexity index is 1160. The highest BCUT2D eigenvalue weighted by Crippen LogP contribution is 2.20. The van der Waals surface area contributed by atoms with Crippen molar-refractivity contribution in [1.82, 2.24) is 10.2 Å². The number of nitrogens with zero attached hydrogens (tertiary/aromatic N) is 1. The van der Waals surface area contributed by atoms with Crippen molar-refractivity contribution in [3.63, 3.8) is 0 Å². The lowest BCUT2D eigenvalue weighted by Gasteiger charge is -2.32. The van der Waals surface area contributed by atoms with Gasteiger partial charge in [-0.3, -0.25) is 9.59 Å². The predicted octanol–water partition coefficient (Wildman–Crippen LogP) is 5.55. The van der Waals surface area contributed by atoms with Crippen molar-refractivity contribution in [2.24, 2.45) is 0 Å². The molecular formula is C31H38N2O3. The molecule has 190 valence electrons. The van der Waals surface area contributed by atoms with Gasteiger partial charge in [0.05, 0.1) is 0 Å². The molecule has 3 aromatic rings. The van der Waals surface area contributed by atoms with Crippen molar-refractivity contribution in [1.29, 1.82) is 0 Å². The Hall–Kier alpha value is -3.60. The molecule has 0 fully saturated rings. The van der Waals surface area contributed by atoms with Gasteiger partial charge < -0.3 is 15.0 Å². The van der Waals surface area contributed by atoms with Crippen LogP contribution in [0.5, 0.6) is 5.75 Å². The van der Waals surface area contributed by atoms with E-state index in [4.69, 9.17) is 4.74 Å². The molecule has 0 spiro atoms. The van der Waals surface area contributed by atoms with Crippen LogP contribution in [0.4, 0.5) is 0 Å². The Morgan fingerprint density at radius 2 is 1.58 bits per heavy atom. The van der Waals surface area contributed by atoms with Crippen LogP contribution in [0.15, 0.2) is 72.8 Å². The number of nitrogens with one attached hydrogen (secondary N) is 1. The van der Waals surface area contributed by atoms with Gasteiger partial charge in [0.2, 0.25) is 5.91 Å². The number of amides is 2. The van der Waals surface area contributed by atoms with E-state index in [1.165, 1.54) is 5.56 Å². The number of benzene rings is 3. The first kappa shape index (κ1) is 27.0.